The lowest BCUT2D eigenvalue weighted by atomic mass is 10.1. The average molecular weight is 397 g/mol. The summed E-state index contributed by atoms with van der Waals surface area (Å²) in [7, 11) is 0. The second-order valence-electron chi connectivity index (χ2n) is 6.16. The van der Waals surface area contributed by atoms with Crippen LogP contribution in [0.5, 0.6) is 5.75 Å². The van der Waals surface area contributed by atoms with Crippen LogP contribution in [0.15, 0.2) is 41.8 Å². The van der Waals surface area contributed by atoms with Crippen LogP contribution >= 0.6 is 22.9 Å². The Hall–Kier alpha value is -2.90. The van der Waals surface area contributed by atoms with Crippen LogP contribution in [0, 0.1) is 0 Å². The summed E-state index contributed by atoms with van der Waals surface area (Å²) >= 11 is 7.41. The molecule has 0 unspecified atom stereocenters. The zero-order chi connectivity index (χ0) is 18.4. The van der Waals surface area contributed by atoms with Crippen molar-refractivity contribution in [1.82, 2.24) is 15.0 Å². The number of amides is 1. The number of rotatable bonds is 3. The highest BCUT2D eigenvalue weighted by atomic mass is 35.5. The summed E-state index contributed by atoms with van der Waals surface area (Å²) in [4.78, 5) is 24.4. The number of hydrogen-bond donors (Lipinski definition) is 2. The summed E-state index contributed by atoms with van der Waals surface area (Å²) in [5.74, 6) is 0.979. The molecule has 1 aliphatic heterocycles. The molecule has 0 aliphatic carbocycles. The predicted molar refractivity (Wildman–Crippen MR) is 106 cm³/mol. The molecule has 8 heteroatoms. The normalized spacial score (nSPS) is 12.8. The number of anilines is 1. The Kier molecular flexibility index (Phi) is 3.84. The molecule has 3 heterocycles. The topological polar surface area (TPSA) is 79.9 Å². The Balaban J connectivity index is 1.37. The van der Waals surface area contributed by atoms with Gasteiger partial charge in [0.05, 0.1) is 17.6 Å². The van der Waals surface area contributed by atoms with Crippen molar-refractivity contribution in [3.05, 3.63) is 58.1 Å². The number of hydrogen-bond acceptors (Lipinski definition) is 5. The lowest BCUT2D eigenvalue weighted by molar-refractivity contribution is 0.102. The molecule has 2 N–H and O–H groups in total. The number of nitrogens with one attached hydrogen (secondary N) is 2. The number of aromatic amines is 1. The molecular formula is C19H13ClN4O2S. The monoisotopic (exact) mass is 396 g/mol. The lowest BCUT2D eigenvalue weighted by Gasteiger charge is -2.01. The van der Waals surface area contributed by atoms with Crippen LogP contribution < -0.4 is 10.1 Å². The molecule has 6 nitrogen and oxygen atoms in total. The zero-order valence-electron chi connectivity index (χ0n) is 14.0. The first-order chi connectivity index (χ1) is 13.2. The van der Waals surface area contributed by atoms with Crippen molar-refractivity contribution >= 4 is 45.8 Å². The van der Waals surface area contributed by atoms with Crippen molar-refractivity contribution < 1.29 is 9.53 Å². The third-order valence-corrected chi connectivity index (χ3v) is 5.48. The number of fused-ring (bicyclic) bond motifs is 2. The van der Waals surface area contributed by atoms with Crippen LogP contribution in [0.4, 0.5) is 5.95 Å². The maximum atomic E-state index is 12.5. The van der Waals surface area contributed by atoms with E-state index in [-0.39, 0.29) is 5.91 Å². The van der Waals surface area contributed by atoms with Gasteiger partial charge in [0.15, 0.2) is 0 Å². The van der Waals surface area contributed by atoms with Crippen molar-refractivity contribution in [3.8, 4) is 16.3 Å². The van der Waals surface area contributed by atoms with Gasteiger partial charge < -0.3 is 9.72 Å². The predicted octanol–water partition coefficient (Wildman–Crippen LogP) is 4.53. The van der Waals surface area contributed by atoms with Gasteiger partial charge in [0, 0.05) is 22.4 Å². The molecule has 4 aromatic rings. The summed E-state index contributed by atoms with van der Waals surface area (Å²) in [6.07, 6.45) is 0.901. The molecule has 1 aliphatic rings. The molecule has 0 radical (unpaired) electrons. The Bertz CT molecular complexity index is 1180. The van der Waals surface area contributed by atoms with Crippen molar-refractivity contribution in [1.29, 1.82) is 0 Å². The Morgan fingerprint density at radius 3 is 3.07 bits per heavy atom. The second-order valence-corrected chi connectivity index (χ2v) is 7.45. The molecule has 0 saturated heterocycles. The fourth-order valence-corrected chi connectivity index (χ4v) is 4.01. The first-order valence-electron chi connectivity index (χ1n) is 8.34. The maximum absolute atomic E-state index is 12.5. The quantitative estimate of drug-likeness (QED) is 0.533. The molecule has 0 saturated carbocycles. The van der Waals surface area contributed by atoms with Gasteiger partial charge >= 0.3 is 0 Å². The smallest absolute Gasteiger partial charge is 0.277 e. The Morgan fingerprint density at radius 2 is 2.15 bits per heavy atom. The second kappa shape index (κ2) is 6.37. The van der Waals surface area contributed by atoms with Gasteiger partial charge in [-0.3, -0.25) is 10.1 Å². The minimum absolute atomic E-state index is 0.313. The zero-order valence-corrected chi connectivity index (χ0v) is 15.5. The van der Waals surface area contributed by atoms with Crippen molar-refractivity contribution in [3.63, 3.8) is 0 Å². The third-order valence-electron chi connectivity index (χ3n) is 4.35. The molecule has 0 spiro atoms. The first kappa shape index (κ1) is 16.3. The van der Waals surface area contributed by atoms with E-state index in [1.165, 1.54) is 16.9 Å². The summed E-state index contributed by atoms with van der Waals surface area (Å²) in [6, 6.07) is 11.3. The molecule has 0 fully saturated rings. The molecule has 27 heavy (non-hydrogen) atoms. The number of carbonyl (C=O) groups excluding carboxylic acids is 1. The van der Waals surface area contributed by atoms with Crippen LogP contribution in [0.2, 0.25) is 5.02 Å². The van der Waals surface area contributed by atoms with E-state index in [0.717, 1.165) is 33.8 Å². The number of halogens is 1. The van der Waals surface area contributed by atoms with Crippen molar-refractivity contribution in [2.45, 2.75) is 6.42 Å². The highest BCUT2D eigenvalue weighted by Crippen LogP contribution is 2.32. The SMILES string of the molecule is O=C(Nc1nc2ccc(Cl)cc2[nH]1)c1csc(-c2ccc3c(c2)CCO3)n1. The van der Waals surface area contributed by atoms with Crippen LogP contribution in [0.25, 0.3) is 21.6 Å². The van der Waals surface area contributed by atoms with Crippen LogP contribution in [0.3, 0.4) is 0 Å². The average Bonchev–Trinajstić information content (AvgIpc) is 3.39. The molecule has 0 bridgehead atoms. The fraction of sp³-hybridized carbons (Fsp3) is 0.105. The number of ether oxygens (including phenoxy) is 1. The van der Waals surface area contributed by atoms with E-state index in [0.29, 0.717) is 23.3 Å². The number of nitrogens with zero attached hydrogens (tertiary/aromatic N) is 2. The molecular weight excluding hydrogens is 384 g/mol. The number of H-pyrrole nitrogens is 1. The lowest BCUT2D eigenvalue weighted by Crippen LogP contribution is -2.13. The molecule has 0 atom stereocenters. The van der Waals surface area contributed by atoms with E-state index >= 15 is 0 Å². The molecule has 1 amide bonds. The van der Waals surface area contributed by atoms with Crippen LogP contribution in [-0.2, 0) is 6.42 Å². The van der Waals surface area contributed by atoms with Gasteiger partial charge in [-0.1, -0.05) is 11.6 Å². The van der Waals surface area contributed by atoms with Crippen molar-refractivity contribution in [2.24, 2.45) is 0 Å². The largest absolute Gasteiger partial charge is 0.493 e. The van der Waals surface area contributed by atoms with Gasteiger partial charge in [0.2, 0.25) is 5.95 Å². The first-order valence-corrected chi connectivity index (χ1v) is 9.60. The van der Waals surface area contributed by atoms with E-state index in [4.69, 9.17) is 16.3 Å². The van der Waals surface area contributed by atoms with Gasteiger partial charge in [0.25, 0.3) is 5.91 Å². The molecule has 134 valence electrons. The highest BCUT2D eigenvalue weighted by Gasteiger charge is 2.17. The Morgan fingerprint density at radius 1 is 1.22 bits per heavy atom. The number of aromatic nitrogens is 3. The summed E-state index contributed by atoms with van der Waals surface area (Å²) < 4.78 is 5.53. The van der Waals surface area contributed by atoms with E-state index in [9.17, 15) is 4.79 Å². The maximum Gasteiger partial charge on any atom is 0.277 e. The van der Waals surface area contributed by atoms with Crippen molar-refractivity contribution in [2.75, 3.05) is 11.9 Å². The third kappa shape index (κ3) is 3.05. The summed E-state index contributed by atoms with van der Waals surface area (Å²) in [6.45, 7) is 0.715. The molecule has 5 rings (SSSR count). The minimum Gasteiger partial charge on any atom is -0.493 e. The molecule has 2 aromatic heterocycles. The van der Waals surface area contributed by atoms with Crippen LogP contribution in [-0.4, -0.2) is 27.5 Å². The fourth-order valence-electron chi connectivity index (χ4n) is 3.04. The summed E-state index contributed by atoms with van der Waals surface area (Å²) in [5.41, 5.74) is 4.01. The van der Waals surface area contributed by atoms with Gasteiger partial charge in [-0.2, -0.15) is 0 Å². The van der Waals surface area contributed by atoms with Gasteiger partial charge in [-0.05, 0) is 42.0 Å². The summed E-state index contributed by atoms with van der Waals surface area (Å²) in [5, 5.41) is 5.90. The molecule has 2 aromatic carbocycles. The van der Waals surface area contributed by atoms with E-state index in [2.05, 4.69) is 26.3 Å². The van der Waals surface area contributed by atoms with Crippen LogP contribution in [0.1, 0.15) is 16.1 Å². The number of imidazole rings is 1. The number of carbonyl (C=O) groups is 1. The van der Waals surface area contributed by atoms with Gasteiger partial charge in [0.1, 0.15) is 16.5 Å². The van der Waals surface area contributed by atoms with Gasteiger partial charge in [-0.15, -0.1) is 11.3 Å². The van der Waals surface area contributed by atoms with Gasteiger partial charge in [-0.25, -0.2) is 9.97 Å². The Labute approximate surface area is 163 Å². The van der Waals surface area contributed by atoms with E-state index in [1.807, 2.05) is 12.1 Å². The highest BCUT2D eigenvalue weighted by molar-refractivity contribution is 7.13. The van der Waals surface area contributed by atoms with E-state index in [1.54, 1.807) is 23.6 Å². The number of benzene rings is 2. The van der Waals surface area contributed by atoms with E-state index < -0.39 is 0 Å². The minimum atomic E-state index is -0.313. The standard InChI is InChI=1S/C19H13ClN4O2S/c20-12-2-3-13-14(8-12)23-19(22-13)24-17(25)15-9-27-18(21-15)11-1-4-16-10(7-11)5-6-26-16/h1-4,7-9H,5-6H2,(H2,22,23,24,25). The number of thiazole rings is 1.